The summed E-state index contributed by atoms with van der Waals surface area (Å²) < 4.78 is 0. The third kappa shape index (κ3) is 4.62. The summed E-state index contributed by atoms with van der Waals surface area (Å²) in [7, 11) is 4.10. The van der Waals surface area contributed by atoms with Gasteiger partial charge in [-0.05, 0) is 53.4 Å². The molecule has 0 aromatic heterocycles. The van der Waals surface area contributed by atoms with Gasteiger partial charge in [-0.2, -0.15) is 0 Å². The minimum atomic E-state index is 0.0480. The van der Waals surface area contributed by atoms with Gasteiger partial charge < -0.3 is 15.5 Å². The number of hydrogen-bond donors (Lipinski definition) is 2. The molecule has 1 aliphatic rings. The molecule has 0 aromatic rings. The van der Waals surface area contributed by atoms with Crippen molar-refractivity contribution >= 4 is 5.91 Å². The van der Waals surface area contributed by atoms with Gasteiger partial charge in [-0.25, -0.2) is 0 Å². The Bertz CT molecular complexity index is 200. The fraction of sp³-hybridized carbons (Fsp3) is 0.909. The summed E-state index contributed by atoms with van der Waals surface area (Å²) in [6, 6.07) is 0.314. The molecule has 1 amide bonds. The second kappa shape index (κ2) is 6.08. The topological polar surface area (TPSA) is 44.4 Å². The lowest BCUT2D eigenvalue weighted by molar-refractivity contribution is -0.123. The molecule has 0 aliphatic carbocycles. The van der Waals surface area contributed by atoms with E-state index in [4.69, 9.17) is 0 Å². The molecule has 1 heterocycles. The predicted octanol–water partition coefficient (Wildman–Crippen LogP) is 0.195. The molecule has 2 atom stereocenters. The van der Waals surface area contributed by atoms with Gasteiger partial charge in [0.2, 0.25) is 5.91 Å². The molecule has 0 radical (unpaired) electrons. The molecule has 0 aromatic carbocycles. The first-order valence-corrected chi connectivity index (χ1v) is 5.78. The average molecular weight is 213 g/mol. The zero-order chi connectivity index (χ0) is 11.3. The van der Waals surface area contributed by atoms with E-state index in [-0.39, 0.29) is 18.0 Å². The highest BCUT2D eigenvalue weighted by atomic mass is 16.2. The SMILES string of the molecule is CC(CCN(C)C)NC(=O)C1CCCN1. The van der Waals surface area contributed by atoms with Gasteiger partial charge in [0.15, 0.2) is 0 Å². The van der Waals surface area contributed by atoms with Gasteiger partial charge in [-0.15, -0.1) is 0 Å². The summed E-state index contributed by atoms with van der Waals surface area (Å²) in [6.07, 6.45) is 3.10. The monoisotopic (exact) mass is 213 g/mol. The maximum Gasteiger partial charge on any atom is 0.237 e. The second-order valence-corrected chi connectivity index (χ2v) is 4.65. The van der Waals surface area contributed by atoms with Gasteiger partial charge >= 0.3 is 0 Å². The second-order valence-electron chi connectivity index (χ2n) is 4.65. The van der Waals surface area contributed by atoms with E-state index in [9.17, 15) is 4.79 Å². The van der Waals surface area contributed by atoms with E-state index in [0.717, 1.165) is 32.4 Å². The molecular weight excluding hydrogens is 190 g/mol. The standard InChI is InChI=1S/C11H23N3O/c1-9(6-8-14(2)3)13-11(15)10-5-4-7-12-10/h9-10,12H,4-8H2,1-3H3,(H,13,15). The third-order valence-electron chi connectivity index (χ3n) is 2.77. The zero-order valence-corrected chi connectivity index (χ0v) is 10.0. The van der Waals surface area contributed by atoms with Crippen LogP contribution in [0.1, 0.15) is 26.2 Å². The van der Waals surface area contributed by atoms with Gasteiger partial charge in [0.1, 0.15) is 0 Å². The zero-order valence-electron chi connectivity index (χ0n) is 10.0. The summed E-state index contributed by atoms with van der Waals surface area (Å²) in [5.74, 6) is 0.166. The predicted molar refractivity (Wildman–Crippen MR) is 61.8 cm³/mol. The van der Waals surface area contributed by atoms with E-state index in [0.29, 0.717) is 0 Å². The third-order valence-corrected chi connectivity index (χ3v) is 2.77. The average Bonchev–Trinajstić information content (AvgIpc) is 2.67. The van der Waals surface area contributed by atoms with Crippen LogP contribution >= 0.6 is 0 Å². The van der Waals surface area contributed by atoms with Crippen LogP contribution in [0.2, 0.25) is 0 Å². The molecule has 2 unspecified atom stereocenters. The van der Waals surface area contributed by atoms with Crippen molar-refractivity contribution in [3.63, 3.8) is 0 Å². The van der Waals surface area contributed by atoms with Crippen molar-refractivity contribution in [2.24, 2.45) is 0 Å². The van der Waals surface area contributed by atoms with Crippen LogP contribution in [0.5, 0.6) is 0 Å². The number of carbonyl (C=O) groups excluding carboxylic acids is 1. The molecule has 1 aliphatic heterocycles. The molecule has 1 rings (SSSR count). The van der Waals surface area contributed by atoms with E-state index in [1.165, 1.54) is 0 Å². The largest absolute Gasteiger partial charge is 0.352 e. The van der Waals surface area contributed by atoms with Crippen LogP contribution in [0.3, 0.4) is 0 Å². The molecule has 2 N–H and O–H groups in total. The maximum atomic E-state index is 11.7. The fourth-order valence-corrected chi connectivity index (χ4v) is 1.78. The van der Waals surface area contributed by atoms with Gasteiger partial charge in [-0.3, -0.25) is 4.79 Å². The van der Waals surface area contributed by atoms with Crippen molar-refractivity contribution in [2.75, 3.05) is 27.2 Å². The fourth-order valence-electron chi connectivity index (χ4n) is 1.78. The Kier molecular flexibility index (Phi) is 5.05. The van der Waals surface area contributed by atoms with Crippen molar-refractivity contribution in [1.82, 2.24) is 15.5 Å². The Hall–Kier alpha value is -0.610. The first-order chi connectivity index (χ1) is 7.09. The van der Waals surface area contributed by atoms with E-state index >= 15 is 0 Å². The molecule has 0 bridgehead atoms. The van der Waals surface area contributed by atoms with Crippen LogP contribution in [0.15, 0.2) is 0 Å². The molecular formula is C11H23N3O. The first-order valence-electron chi connectivity index (χ1n) is 5.78. The molecule has 0 spiro atoms. The van der Waals surface area contributed by atoms with E-state index < -0.39 is 0 Å². The normalized spacial score (nSPS) is 23.1. The van der Waals surface area contributed by atoms with Gasteiger partial charge in [0.25, 0.3) is 0 Å². The highest BCUT2D eigenvalue weighted by molar-refractivity contribution is 5.82. The number of hydrogen-bond acceptors (Lipinski definition) is 3. The molecule has 4 nitrogen and oxygen atoms in total. The van der Waals surface area contributed by atoms with Crippen molar-refractivity contribution in [1.29, 1.82) is 0 Å². The Morgan fingerprint density at radius 2 is 2.33 bits per heavy atom. The summed E-state index contributed by atoms with van der Waals surface area (Å²) in [5, 5.41) is 6.25. The summed E-state index contributed by atoms with van der Waals surface area (Å²) in [5.41, 5.74) is 0. The van der Waals surface area contributed by atoms with E-state index in [1.807, 2.05) is 14.1 Å². The lowest BCUT2D eigenvalue weighted by Gasteiger charge is -2.19. The molecule has 15 heavy (non-hydrogen) atoms. The molecule has 88 valence electrons. The maximum absolute atomic E-state index is 11.7. The first kappa shape index (κ1) is 12.5. The lowest BCUT2D eigenvalue weighted by atomic mass is 10.2. The number of amides is 1. The van der Waals surface area contributed by atoms with Crippen LogP contribution in [0.4, 0.5) is 0 Å². The van der Waals surface area contributed by atoms with Gasteiger partial charge in [0, 0.05) is 6.04 Å². The van der Waals surface area contributed by atoms with Gasteiger partial charge in [-0.1, -0.05) is 0 Å². The van der Waals surface area contributed by atoms with Crippen LogP contribution in [0.25, 0.3) is 0 Å². The molecule has 0 saturated carbocycles. The molecule has 1 fully saturated rings. The van der Waals surface area contributed by atoms with Crippen molar-refractivity contribution < 1.29 is 4.79 Å². The highest BCUT2D eigenvalue weighted by Gasteiger charge is 2.22. The summed E-state index contributed by atoms with van der Waals surface area (Å²) in [6.45, 7) is 4.06. The minimum absolute atomic E-state index is 0.0480. The Labute approximate surface area is 92.4 Å². The number of nitrogens with one attached hydrogen (secondary N) is 2. The van der Waals surface area contributed by atoms with Crippen LogP contribution in [0, 0.1) is 0 Å². The molecule has 4 heteroatoms. The molecule has 1 saturated heterocycles. The number of carbonyl (C=O) groups is 1. The summed E-state index contributed by atoms with van der Waals surface area (Å²) in [4.78, 5) is 13.8. The Balaban J connectivity index is 2.18. The number of rotatable bonds is 5. The Morgan fingerprint density at radius 1 is 1.60 bits per heavy atom. The van der Waals surface area contributed by atoms with Crippen molar-refractivity contribution in [3.8, 4) is 0 Å². The van der Waals surface area contributed by atoms with E-state index in [1.54, 1.807) is 0 Å². The van der Waals surface area contributed by atoms with E-state index in [2.05, 4.69) is 22.5 Å². The quantitative estimate of drug-likeness (QED) is 0.685. The van der Waals surface area contributed by atoms with Gasteiger partial charge in [0.05, 0.1) is 6.04 Å². The van der Waals surface area contributed by atoms with Crippen molar-refractivity contribution in [3.05, 3.63) is 0 Å². The van der Waals surface area contributed by atoms with Crippen LogP contribution in [-0.2, 0) is 4.79 Å². The highest BCUT2D eigenvalue weighted by Crippen LogP contribution is 2.05. The van der Waals surface area contributed by atoms with Crippen LogP contribution < -0.4 is 10.6 Å². The smallest absolute Gasteiger partial charge is 0.237 e. The Morgan fingerprint density at radius 3 is 2.87 bits per heavy atom. The number of nitrogens with zero attached hydrogens (tertiary/aromatic N) is 1. The lowest BCUT2D eigenvalue weighted by Crippen LogP contribution is -2.44. The minimum Gasteiger partial charge on any atom is -0.352 e. The summed E-state index contributed by atoms with van der Waals surface area (Å²) >= 11 is 0. The van der Waals surface area contributed by atoms with Crippen molar-refractivity contribution in [2.45, 2.75) is 38.3 Å². The van der Waals surface area contributed by atoms with Crippen LogP contribution in [-0.4, -0.2) is 50.1 Å².